The van der Waals surface area contributed by atoms with Crippen molar-refractivity contribution in [3.05, 3.63) is 47.3 Å². The zero-order valence-corrected chi connectivity index (χ0v) is 13.5. The van der Waals surface area contributed by atoms with Crippen molar-refractivity contribution in [3.8, 4) is 5.69 Å². The van der Waals surface area contributed by atoms with Crippen LogP contribution in [0.2, 0.25) is 0 Å². The predicted octanol–water partition coefficient (Wildman–Crippen LogP) is 3.01. The Morgan fingerprint density at radius 3 is 2.83 bits per heavy atom. The fourth-order valence-electron chi connectivity index (χ4n) is 2.96. The van der Waals surface area contributed by atoms with E-state index in [-0.39, 0.29) is 11.9 Å². The van der Waals surface area contributed by atoms with Gasteiger partial charge in [-0.15, -0.1) is 0 Å². The van der Waals surface area contributed by atoms with Crippen molar-refractivity contribution in [1.82, 2.24) is 15.1 Å². The van der Waals surface area contributed by atoms with Crippen LogP contribution in [-0.2, 0) is 11.2 Å². The van der Waals surface area contributed by atoms with Gasteiger partial charge in [-0.1, -0.05) is 0 Å². The monoisotopic (exact) mass is 337 g/mol. The predicted molar refractivity (Wildman–Crippen MR) is 85.7 cm³/mol. The Morgan fingerprint density at radius 1 is 1.39 bits per heavy atom. The molecule has 7 heteroatoms. The Morgan fingerprint density at radius 2 is 2.13 bits per heavy atom. The summed E-state index contributed by atoms with van der Waals surface area (Å²) in [4.78, 5) is 11.8. The van der Waals surface area contributed by atoms with E-state index in [9.17, 15) is 13.6 Å². The number of amides is 1. The minimum atomic E-state index is -0.634. The molecule has 0 bridgehead atoms. The largest absolute Gasteiger partial charge is 0.348 e. The molecule has 0 aliphatic heterocycles. The van der Waals surface area contributed by atoms with E-state index in [1.807, 2.05) is 6.26 Å². The maximum Gasteiger partial charge on any atom is 0.230 e. The molecule has 3 rings (SSSR count). The van der Waals surface area contributed by atoms with Gasteiger partial charge in [-0.25, -0.2) is 13.5 Å². The molecule has 0 saturated carbocycles. The summed E-state index contributed by atoms with van der Waals surface area (Å²) in [5.74, 6) is -0.871. The number of fused-ring (bicyclic) bond motifs is 1. The molecule has 1 amide bonds. The van der Waals surface area contributed by atoms with E-state index >= 15 is 0 Å². The lowest BCUT2D eigenvalue weighted by Gasteiger charge is -2.24. The second-order valence-corrected chi connectivity index (χ2v) is 6.40. The van der Waals surface area contributed by atoms with Crippen LogP contribution in [0.4, 0.5) is 8.78 Å². The molecular weight excluding hydrogens is 320 g/mol. The summed E-state index contributed by atoms with van der Waals surface area (Å²) in [6, 6.07) is 3.26. The Bertz CT molecular complexity index is 712. The average molecular weight is 337 g/mol. The number of nitrogens with zero attached hydrogens (tertiary/aromatic N) is 2. The molecule has 0 radical (unpaired) electrons. The standard InChI is InChI=1S/C16H17F2N3OS/c1-23-9-16(22)20-14-3-2-4-15-13(14)8-19-21(15)12-6-10(17)5-11(18)7-12/h5-8,14H,2-4,9H2,1H3,(H,20,22)/t14-/m0/s1. The van der Waals surface area contributed by atoms with Crippen LogP contribution in [-0.4, -0.2) is 27.7 Å². The van der Waals surface area contributed by atoms with Crippen molar-refractivity contribution in [1.29, 1.82) is 0 Å². The number of nitrogens with one attached hydrogen (secondary N) is 1. The first kappa shape index (κ1) is 16.0. The maximum atomic E-state index is 13.4. The summed E-state index contributed by atoms with van der Waals surface area (Å²) < 4.78 is 28.5. The zero-order chi connectivity index (χ0) is 16.4. The molecular formula is C16H17F2N3OS. The van der Waals surface area contributed by atoms with E-state index in [2.05, 4.69) is 10.4 Å². The first-order valence-electron chi connectivity index (χ1n) is 7.40. The van der Waals surface area contributed by atoms with Crippen LogP contribution in [0.25, 0.3) is 5.69 Å². The molecule has 1 aromatic heterocycles. The summed E-state index contributed by atoms with van der Waals surface area (Å²) in [5.41, 5.74) is 2.19. The van der Waals surface area contributed by atoms with Gasteiger partial charge in [-0.3, -0.25) is 4.79 Å². The Labute approximate surface area is 137 Å². The number of rotatable bonds is 4. The topological polar surface area (TPSA) is 46.9 Å². The summed E-state index contributed by atoms with van der Waals surface area (Å²) in [6.07, 6.45) is 6.06. The van der Waals surface area contributed by atoms with Gasteiger partial charge in [0.15, 0.2) is 0 Å². The molecule has 122 valence electrons. The quantitative estimate of drug-likeness (QED) is 0.933. The van der Waals surface area contributed by atoms with Gasteiger partial charge in [0.2, 0.25) is 5.91 Å². The van der Waals surface area contributed by atoms with E-state index in [4.69, 9.17) is 0 Å². The van der Waals surface area contributed by atoms with Gasteiger partial charge in [0.25, 0.3) is 0 Å². The highest BCUT2D eigenvalue weighted by Crippen LogP contribution is 2.31. The number of carbonyl (C=O) groups is 1. The average Bonchev–Trinajstić information content (AvgIpc) is 2.91. The molecule has 1 aromatic carbocycles. The van der Waals surface area contributed by atoms with Crippen molar-refractivity contribution in [2.24, 2.45) is 0 Å². The van der Waals surface area contributed by atoms with Crippen LogP contribution in [0, 0.1) is 11.6 Å². The van der Waals surface area contributed by atoms with Crippen LogP contribution >= 0.6 is 11.8 Å². The van der Waals surface area contributed by atoms with Crippen molar-refractivity contribution >= 4 is 17.7 Å². The smallest absolute Gasteiger partial charge is 0.230 e. The van der Waals surface area contributed by atoms with Gasteiger partial charge in [0.05, 0.1) is 23.7 Å². The lowest BCUT2D eigenvalue weighted by molar-refractivity contribution is -0.119. The van der Waals surface area contributed by atoms with Crippen molar-refractivity contribution in [3.63, 3.8) is 0 Å². The zero-order valence-electron chi connectivity index (χ0n) is 12.7. The van der Waals surface area contributed by atoms with E-state index in [0.29, 0.717) is 11.4 Å². The Hall–Kier alpha value is -1.89. The van der Waals surface area contributed by atoms with Crippen LogP contribution in [0.15, 0.2) is 24.4 Å². The van der Waals surface area contributed by atoms with Gasteiger partial charge in [-0.2, -0.15) is 16.9 Å². The molecule has 23 heavy (non-hydrogen) atoms. The van der Waals surface area contributed by atoms with Gasteiger partial charge in [0, 0.05) is 17.3 Å². The van der Waals surface area contributed by atoms with E-state index < -0.39 is 11.6 Å². The van der Waals surface area contributed by atoms with Gasteiger partial charge in [0.1, 0.15) is 11.6 Å². The first-order valence-corrected chi connectivity index (χ1v) is 8.79. The third-order valence-corrected chi connectivity index (χ3v) is 4.44. The van der Waals surface area contributed by atoms with Crippen molar-refractivity contribution in [2.75, 3.05) is 12.0 Å². The molecule has 4 nitrogen and oxygen atoms in total. The number of hydrogen-bond donors (Lipinski definition) is 1. The molecule has 1 aliphatic carbocycles. The number of aromatic nitrogens is 2. The van der Waals surface area contributed by atoms with E-state index in [1.54, 1.807) is 10.9 Å². The molecule has 2 aromatic rings. The number of carbonyl (C=O) groups excluding carboxylic acids is 1. The Kier molecular flexibility index (Phi) is 4.66. The van der Waals surface area contributed by atoms with Crippen molar-refractivity contribution < 1.29 is 13.6 Å². The third kappa shape index (κ3) is 3.39. The normalized spacial score (nSPS) is 16.9. The lowest BCUT2D eigenvalue weighted by atomic mass is 9.93. The number of hydrogen-bond acceptors (Lipinski definition) is 3. The second-order valence-electron chi connectivity index (χ2n) is 5.53. The van der Waals surface area contributed by atoms with Gasteiger partial charge in [-0.05, 0) is 37.7 Å². The second kappa shape index (κ2) is 6.70. The molecule has 1 N–H and O–H groups in total. The van der Waals surface area contributed by atoms with E-state index in [0.717, 1.165) is 36.6 Å². The van der Waals surface area contributed by atoms with Crippen LogP contribution < -0.4 is 5.32 Å². The molecule has 0 saturated heterocycles. The minimum absolute atomic E-state index is 0.0140. The molecule has 1 atom stereocenters. The van der Waals surface area contributed by atoms with Crippen LogP contribution in [0.3, 0.4) is 0 Å². The summed E-state index contributed by atoms with van der Waals surface area (Å²) in [7, 11) is 0. The lowest BCUT2D eigenvalue weighted by Crippen LogP contribution is -2.32. The highest BCUT2D eigenvalue weighted by molar-refractivity contribution is 7.99. The number of thioether (sulfide) groups is 1. The van der Waals surface area contributed by atoms with Crippen molar-refractivity contribution in [2.45, 2.75) is 25.3 Å². The molecule has 1 aliphatic rings. The minimum Gasteiger partial charge on any atom is -0.348 e. The molecule has 0 fully saturated rings. The Balaban J connectivity index is 1.92. The summed E-state index contributed by atoms with van der Waals surface area (Å²) >= 11 is 1.47. The highest BCUT2D eigenvalue weighted by Gasteiger charge is 2.26. The SMILES string of the molecule is CSCC(=O)N[C@H]1CCCc2c1cnn2-c1cc(F)cc(F)c1. The molecule has 0 unspecified atom stereocenters. The van der Waals surface area contributed by atoms with Gasteiger partial charge >= 0.3 is 0 Å². The van der Waals surface area contributed by atoms with E-state index in [1.165, 1.54) is 23.9 Å². The number of benzene rings is 1. The maximum absolute atomic E-state index is 13.4. The van der Waals surface area contributed by atoms with Gasteiger partial charge < -0.3 is 5.32 Å². The highest BCUT2D eigenvalue weighted by atomic mass is 32.2. The third-order valence-electron chi connectivity index (χ3n) is 3.89. The fraction of sp³-hybridized carbons (Fsp3) is 0.375. The summed E-state index contributed by atoms with van der Waals surface area (Å²) in [5, 5.41) is 7.28. The molecule has 1 heterocycles. The van der Waals surface area contributed by atoms with Crippen LogP contribution in [0.1, 0.15) is 30.1 Å². The summed E-state index contributed by atoms with van der Waals surface area (Å²) in [6.45, 7) is 0. The number of halogens is 2. The fourth-order valence-corrected chi connectivity index (χ4v) is 3.30. The molecule has 0 spiro atoms. The van der Waals surface area contributed by atoms with Crippen LogP contribution in [0.5, 0.6) is 0 Å². The first-order chi connectivity index (χ1) is 11.1.